The van der Waals surface area contributed by atoms with Crippen LogP contribution in [-0.4, -0.2) is 150 Å². The van der Waals surface area contributed by atoms with Gasteiger partial charge in [0.25, 0.3) is 0 Å². The maximum atomic E-state index is 13.3. The zero-order valence-electron chi connectivity index (χ0n) is 24.5. The molecule has 14 heteroatoms. The Kier molecular flexibility index (Phi) is 23.7. The first kappa shape index (κ1) is 41.0. The number of hydrogen-bond donors (Lipinski definition) is 12. The van der Waals surface area contributed by atoms with E-state index in [9.17, 15) is 55.9 Å². The van der Waals surface area contributed by atoms with Crippen LogP contribution in [0.2, 0.25) is 0 Å². The Balaban J connectivity index is 6.40. The number of aliphatic hydroxyl groups is 12. The molecule has 252 valence electrons. The van der Waals surface area contributed by atoms with Gasteiger partial charge in [0.1, 0.15) is 12.7 Å². The van der Waals surface area contributed by atoms with Gasteiger partial charge in [-0.3, -0.25) is 4.79 Å². The number of carbonyl (C=O) groups is 1. The number of unbranched alkanes of at least 4 members (excludes halogenated alkanes) is 3. The first-order valence-electron chi connectivity index (χ1n) is 14.9. The molecule has 14 nitrogen and oxygen atoms in total. The second-order valence-corrected chi connectivity index (χ2v) is 11.3. The van der Waals surface area contributed by atoms with Gasteiger partial charge in [0, 0.05) is 0 Å². The Morgan fingerprint density at radius 3 is 1.40 bits per heavy atom. The molecule has 10 unspecified atom stereocenters. The van der Waals surface area contributed by atoms with E-state index in [1.807, 2.05) is 0 Å². The molecule has 0 aliphatic heterocycles. The normalized spacial score (nSPS) is 19.2. The number of aliphatic hydroxyl groups excluding tert-OH is 12. The van der Waals surface area contributed by atoms with Crippen molar-refractivity contribution in [2.24, 2.45) is 23.7 Å². The molecule has 12 N–H and O–H groups in total. The van der Waals surface area contributed by atoms with Crippen LogP contribution in [0.1, 0.15) is 64.2 Å². The molecule has 0 rings (SSSR count). The van der Waals surface area contributed by atoms with E-state index in [1.54, 1.807) is 0 Å². The van der Waals surface area contributed by atoms with Crippen LogP contribution in [0.4, 0.5) is 0 Å². The van der Waals surface area contributed by atoms with Crippen LogP contribution >= 0.6 is 0 Å². The van der Waals surface area contributed by atoms with Crippen LogP contribution in [0.3, 0.4) is 0 Å². The zero-order chi connectivity index (χ0) is 32.1. The van der Waals surface area contributed by atoms with Crippen molar-refractivity contribution in [3.05, 3.63) is 0 Å². The Morgan fingerprint density at radius 1 is 0.476 bits per heavy atom. The second kappa shape index (κ2) is 24.3. The van der Waals surface area contributed by atoms with Crippen molar-refractivity contribution in [2.75, 3.05) is 46.2 Å². The average Bonchev–Trinajstić information content (AvgIpc) is 3.00. The highest BCUT2D eigenvalue weighted by molar-refractivity contribution is 5.73. The van der Waals surface area contributed by atoms with Crippen molar-refractivity contribution in [2.45, 2.75) is 101 Å². The highest BCUT2D eigenvalue weighted by Crippen LogP contribution is 2.41. The molecular formula is C28H56O14. The van der Waals surface area contributed by atoms with E-state index in [-0.39, 0.29) is 32.3 Å². The number of rotatable bonds is 27. The lowest BCUT2D eigenvalue weighted by Crippen LogP contribution is -2.42. The minimum atomic E-state index is -1.39. The van der Waals surface area contributed by atoms with Crippen LogP contribution in [0.5, 0.6) is 0 Å². The van der Waals surface area contributed by atoms with Crippen molar-refractivity contribution in [1.29, 1.82) is 0 Å². The maximum absolute atomic E-state index is 13.3. The van der Waals surface area contributed by atoms with E-state index >= 15 is 0 Å². The van der Waals surface area contributed by atoms with Gasteiger partial charge in [-0.25, -0.2) is 0 Å². The lowest BCUT2D eigenvalue weighted by Gasteiger charge is -2.40. The number of carbonyl (C=O) groups excluding carboxylic acids is 1. The predicted molar refractivity (Wildman–Crippen MR) is 150 cm³/mol. The molecular weight excluding hydrogens is 560 g/mol. The van der Waals surface area contributed by atoms with Crippen molar-refractivity contribution in [1.82, 2.24) is 0 Å². The van der Waals surface area contributed by atoms with Crippen LogP contribution in [-0.2, 0) is 9.53 Å². The maximum Gasteiger partial charge on any atom is 0.309 e. The molecule has 0 aromatic heterocycles. The third-order valence-corrected chi connectivity index (χ3v) is 7.71. The summed E-state index contributed by atoms with van der Waals surface area (Å²) in [5.41, 5.74) is 0. The molecule has 0 spiro atoms. The molecule has 0 heterocycles. The summed E-state index contributed by atoms with van der Waals surface area (Å²) in [4.78, 5) is 13.3. The number of ether oxygens (including phenoxy) is 1. The molecule has 10 atom stereocenters. The van der Waals surface area contributed by atoms with E-state index in [2.05, 4.69) is 0 Å². The molecule has 0 amide bonds. The van der Waals surface area contributed by atoms with E-state index in [0.29, 0.717) is 32.1 Å². The summed E-state index contributed by atoms with van der Waals surface area (Å²) in [6, 6.07) is 0. The van der Waals surface area contributed by atoms with Gasteiger partial charge in [-0.1, -0.05) is 32.1 Å². The SMILES string of the molecule is O=C(OCC(O)CO)C(CC(O)CO)C(CC(O)CO)C(CC(O)CO)C(CCCCCCC(O)CO)CC(O)CO. The van der Waals surface area contributed by atoms with Gasteiger partial charge < -0.3 is 66.0 Å². The average molecular weight is 617 g/mol. The van der Waals surface area contributed by atoms with Crippen LogP contribution < -0.4 is 0 Å². The summed E-state index contributed by atoms with van der Waals surface area (Å²) < 4.78 is 5.19. The zero-order valence-corrected chi connectivity index (χ0v) is 24.5. The van der Waals surface area contributed by atoms with Gasteiger partial charge in [-0.15, -0.1) is 0 Å². The van der Waals surface area contributed by atoms with Crippen molar-refractivity contribution in [3.8, 4) is 0 Å². The molecule has 0 aliphatic rings. The summed E-state index contributed by atoms with van der Waals surface area (Å²) in [7, 11) is 0. The van der Waals surface area contributed by atoms with Crippen molar-refractivity contribution < 1.29 is 70.8 Å². The van der Waals surface area contributed by atoms with Crippen LogP contribution in [0.25, 0.3) is 0 Å². The van der Waals surface area contributed by atoms with Gasteiger partial charge in [0.05, 0.1) is 76.1 Å². The lowest BCUT2D eigenvalue weighted by atomic mass is 9.66. The molecule has 0 aliphatic carbocycles. The topological polar surface area (TPSA) is 269 Å². The molecule has 0 aromatic carbocycles. The largest absolute Gasteiger partial charge is 0.463 e. The fourth-order valence-electron chi connectivity index (χ4n) is 5.45. The van der Waals surface area contributed by atoms with Gasteiger partial charge in [0.2, 0.25) is 0 Å². The Morgan fingerprint density at radius 2 is 0.905 bits per heavy atom. The molecule has 0 saturated heterocycles. The van der Waals surface area contributed by atoms with Gasteiger partial charge >= 0.3 is 5.97 Å². The predicted octanol–water partition coefficient (Wildman–Crippen LogP) is -2.99. The van der Waals surface area contributed by atoms with Gasteiger partial charge in [-0.2, -0.15) is 0 Å². The van der Waals surface area contributed by atoms with Gasteiger partial charge in [-0.05, 0) is 49.9 Å². The van der Waals surface area contributed by atoms with E-state index in [4.69, 9.17) is 14.9 Å². The minimum Gasteiger partial charge on any atom is -0.463 e. The van der Waals surface area contributed by atoms with Crippen molar-refractivity contribution >= 4 is 5.97 Å². The summed E-state index contributed by atoms with van der Waals surface area (Å²) in [6.45, 7) is -4.17. The molecule has 0 bridgehead atoms. The summed E-state index contributed by atoms with van der Waals surface area (Å²) in [5, 5.41) is 117. The fourth-order valence-corrected chi connectivity index (χ4v) is 5.45. The lowest BCUT2D eigenvalue weighted by molar-refractivity contribution is -0.158. The highest BCUT2D eigenvalue weighted by atomic mass is 16.5. The van der Waals surface area contributed by atoms with Crippen LogP contribution in [0.15, 0.2) is 0 Å². The quantitative estimate of drug-likeness (QED) is 0.0324. The molecule has 0 aromatic rings. The van der Waals surface area contributed by atoms with E-state index < -0.39 is 106 Å². The Hall–Kier alpha value is -1.01. The molecule has 0 fully saturated rings. The number of hydrogen-bond acceptors (Lipinski definition) is 14. The summed E-state index contributed by atoms with van der Waals surface area (Å²) in [6.07, 6.45) is -4.42. The highest BCUT2D eigenvalue weighted by Gasteiger charge is 2.42. The standard InChI is InChI=1S/C28H56O14/c29-11-19(35)6-4-2-1-3-5-18(7-20(36)12-30)25(8-21(37)13-31)26(9-22(38)14-32)27(10-23(39)15-33)28(41)42-17-24(40)16-34/h18-27,29-40H,1-17H2. The Bertz CT molecular complexity index is 656. The number of esters is 1. The Labute approximate surface area is 247 Å². The van der Waals surface area contributed by atoms with Crippen LogP contribution in [0, 0.1) is 23.7 Å². The van der Waals surface area contributed by atoms with Gasteiger partial charge in [0.15, 0.2) is 0 Å². The first-order chi connectivity index (χ1) is 20.0. The third kappa shape index (κ3) is 17.3. The van der Waals surface area contributed by atoms with E-state index in [1.165, 1.54) is 0 Å². The second-order valence-electron chi connectivity index (χ2n) is 11.3. The first-order valence-corrected chi connectivity index (χ1v) is 14.9. The van der Waals surface area contributed by atoms with Crippen molar-refractivity contribution in [3.63, 3.8) is 0 Å². The fraction of sp³-hybridized carbons (Fsp3) is 0.964. The monoisotopic (exact) mass is 616 g/mol. The third-order valence-electron chi connectivity index (χ3n) is 7.71. The van der Waals surface area contributed by atoms with E-state index in [0.717, 1.165) is 6.42 Å². The summed E-state index contributed by atoms with van der Waals surface area (Å²) in [5.74, 6) is -4.29. The minimum absolute atomic E-state index is 0.0296. The summed E-state index contributed by atoms with van der Waals surface area (Å²) >= 11 is 0. The molecule has 0 saturated carbocycles. The molecule has 0 radical (unpaired) electrons. The smallest absolute Gasteiger partial charge is 0.309 e. The molecule has 42 heavy (non-hydrogen) atoms.